The van der Waals surface area contributed by atoms with Crippen LogP contribution in [0.15, 0.2) is 24.3 Å². The number of aliphatic hydroxyl groups excluding tert-OH is 1. The Bertz CT molecular complexity index is 337. The number of carboxylic acid groups (broad SMARTS) is 1. The third-order valence-corrected chi connectivity index (χ3v) is 2.08. The van der Waals surface area contributed by atoms with Crippen LogP contribution < -0.4 is 4.90 Å². The molecule has 4 nitrogen and oxygen atoms in total. The molecule has 1 amide bonds. The van der Waals surface area contributed by atoms with Crippen LogP contribution in [0.2, 0.25) is 0 Å². The monoisotopic (exact) mass is 239 g/mol. The lowest BCUT2D eigenvalue weighted by Crippen LogP contribution is -2.28. The normalized spacial score (nSPS) is 9.18. The van der Waals surface area contributed by atoms with Crippen molar-refractivity contribution >= 4 is 11.8 Å². The summed E-state index contributed by atoms with van der Waals surface area (Å²) in [7, 11) is 0. The molecule has 0 unspecified atom stereocenters. The number of aryl methyl sites for hydroxylation is 1. The summed E-state index contributed by atoms with van der Waals surface area (Å²) in [6.45, 7) is 6.48. The second kappa shape index (κ2) is 8.58. The second-order valence-corrected chi connectivity index (χ2v) is 3.59. The van der Waals surface area contributed by atoms with E-state index in [1.165, 1.54) is 4.90 Å². The molecule has 4 heteroatoms. The summed E-state index contributed by atoms with van der Waals surface area (Å²) in [5.41, 5.74) is 1.80. The lowest BCUT2D eigenvalue weighted by atomic mass is 10.2. The van der Waals surface area contributed by atoms with Gasteiger partial charge in [0, 0.05) is 18.8 Å². The Hall–Kier alpha value is -1.55. The SMILES string of the molecule is CCCO.CCN(C(=O)O)c1cccc(C)c1. The zero-order valence-electron chi connectivity index (χ0n) is 10.7. The molecule has 0 aliphatic rings. The van der Waals surface area contributed by atoms with Crippen molar-refractivity contribution in [2.45, 2.75) is 27.2 Å². The molecule has 0 spiro atoms. The highest BCUT2D eigenvalue weighted by Crippen LogP contribution is 2.15. The van der Waals surface area contributed by atoms with Crippen molar-refractivity contribution in [3.05, 3.63) is 29.8 Å². The molecule has 1 aromatic carbocycles. The topological polar surface area (TPSA) is 60.8 Å². The van der Waals surface area contributed by atoms with E-state index in [9.17, 15) is 4.79 Å². The number of rotatable bonds is 3. The van der Waals surface area contributed by atoms with Crippen LogP contribution >= 0.6 is 0 Å². The van der Waals surface area contributed by atoms with Crippen molar-refractivity contribution < 1.29 is 15.0 Å². The van der Waals surface area contributed by atoms with Crippen LogP contribution in [0.1, 0.15) is 25.8 Å². The minimum Gasteiger partial charge on any atom is -0.465 e. The number of hydrogen-bond donors (Lipinski definition) is 2. The smallest absolute Gasteiger partial charge is 0.411 e. The molecule has 1 rings (SSSR count). The van der Waals surface area contributed by atoms with E-state index in [0.29, 0.717) is 13.2 Å². The molecule has 0 atom stereocenters. The fraction of sp³-hybridized carbons (Fsp3) is 0.462. The predicted molar refractivity (Wildman–Crippen MR) is 69.6 cm³/mol. The lowest BCUT2D eigenvalue weighted by Gasteiger charge is -2.17. The van der Waals surface area contributed by atoms with Crippen molar-refractivity contribution in [1.82, 2.24) is 0 Å². The summed E-state index contributed by atoms with van der Waals surface area (Å²) in [6.07, 6.45) is -0.0342. The van der Waals surface area contributed by atoms with Gasteiger partial charge in [0.1, 0.15) is 0 Å². The molecule has 0 saturated heterocycles. The molecule has 1 aromatic rings. The first-order valence-electron chi connectivity index (χ1n) is 5.74. The maximum absolute atomic E-state index is 10.8. The molecule has 0 bridgehead atoms. The Kier molecular flexibility index (Phi) is 7.80. The number of amides is 1. The van der Waals surface area contributed by atoms with Crippen molar-refractivity contribution in [1.29, 1.82) is 0 Å². The van der Waals surface area contributed by atoms with Crippen molar-refractivity contribution in [2.24, 2.45) is 0 Å². The maximum atomic E-state index is 10.8. The van der Waals surface area contributed by atoms with Crippen LogP contribution in [0.25, 0.3) is 0 Å². The van der Waals surface area contributed by atoms with Gasteiger partial charge >= 0.3 is 6.09 Å². The van der Waals surface area contributed by atoms with E-state index in [2.05, 4.69) is 0 Å². The number of aliphatic hydroxyl groups is 1. The highest BCUT2D eigenvalue weighted by atomic mass is 16.4. The summed E-state index contributed by atoms with van der Waals surface area (Å²) >= 11 is 0. The molecule has 0 aliphatic heterocycles. The van der Waals surface area contributed by atoms with Gasteiger partial charge in [-0.15, -0.1) is 0 Å². The Labute approximate surface area is 103 Å². The van der Waals surface area contributed by atoms with Gasteiger partial charge in [-0.1, -0.05) is 19.1 Å². The van der Waals surface area contributed by atoms with E-state index in [1.54, 1.807) is 6.07 Å². The number of carbonyl (C=O) groups is 1. The molecular weight excluding hydrogens is 218 g/mol. The maximum Gasteiger partial charge on any atom is 0.411 e. The Morgan fingerprint density at radius 2 is 1.94 bits per heavy atom. The zero-order chi connectivity index (χ0) is 13.3. The van der Waals surface area contributed by atoms with Gasteiger partial charge in [-0.3, -0.25) is 4.90 Å². The Morgan fingerprint density at radius 1 is 1.35 bits per heavy atom. The number of nitrogens with zero attached hydrogens (tertiary/aromatic N) is 1. The van der Waals surface area contributed by atoms with Gasteiger partial charge in [-0.05, 0) is 38.0 Å². The van der Waals surface area contributed by atoms with E-state index in [1.807, 2.05) is 39.0 Å². The van der Waals surface area contributed by atoms with Crippen LogP contribution in [-0.2, 0) is 0 Å². The molecule has 0 aromatic heterocycles. The zero-order valence-corrected chi connectivity index (χ0v) is 10.7. The minimum atomic E-state index is -0.909. The standard InChI is InChI=1S/C10H13NO2.C3H8O/c1-3-11(10(12)13)9-6-4-5-8(2)7-9;1-2-3-4/h4-7H,3H2,1-2H3,(H,12,13);4H,2-3H2,1H3. The predicted octanol–water partition coefficient (Wildman–Crippen LogP) is 2.89. The van der Waals surface area contributed by atoms with Crippen molar-refractivity contribution in [2.75, 3.05) is 18.1 Å². The average molecular weight is 239 g/mol. The summed E-state index contributed by atoms with van der Waals surface area (Å²) < 4.78 is 0. The first kappa shape index (κ1) is 15.4. The number of hydrogen-bond acceptors (Lipinski definition) is 2. The van der Waals surface area contributed by atoms with Gasteiger partial charge in [-0.2, -0.15) is 0 Å². The van der Waals surface area contributed by atoms with Gasteiger partial charge < -0.3 is 10.2 Å². The van der Waals surface area contributed by atoms with Gasteiger partial charge in [0.05, 0.1) is 0 Å². The summed E-state index contributed by atoms with van der Waals surface area (Å²) in [5, 5.41) is 16.7. The molecule has 17 heavy (non-hydrogen) atoms. The van der Waals surface area contributed by atoms with Gasteiger partial charge in [0.2, 0.25) is 0 Å². The summed E-state index contributed by atoms with van der Waals surface area (Å²) in [5.74, 6) is 0. The summed E-state index contributed by atoms with van der Waals surface area (Å²) in [4.78, 5) is 12.1. The quantitative estimate of drug-likeness (QED) is 0.852. The van der Waals surface area contributed by atoms with E-state index in [0.717, 1.165) is 17.7 Å². The third-order valence-electron chi connectivity index (χ3n) is 2.08. The van der Waals surface area contributed by atoms with Gasteiger partial charge in [-0.25, -0.2) is 4.79 Å². The van der Waals surface area contributed by atoms with Crippen LogP contribution in [-0.4, -0.2) is 29.5 Å². The van der Waals surface area contributed by atoms with Crippen LogP contribution in [0, 0.1) is 6.92 Å². The molecule has 0 aliphatic carbocycles. The first-order valence-corrected chi connectivity index (χ1v) is 5.74. The Morgan fingerprint density at radius 3 is 2.29 bits per heavy atom. The molecule has 0 radical (unpaired) electrons. The second-order valence-electron chi connectivity index (χ2n) is 3.59. The van der Waals surface area contributed by atoms with Gasteiger partial charge in [0.15, 0.2) is 0 Å². The molecule has 2 N–H and O–H groups in total. The fourth-order valence-electron chi connectivity index (χ4n) is 1.22. The average Bonchev–Trinajstić information content (AvgIpc) is 2.30. The van der Waals surface area contributed by atoms with E-state index in [-0.39, 0.29) is 0 Å². The van der Waals surface area contributed by atoms with Crippen LogP contribution in [0.4, 0.5) is 10.5 Å². The number of anilines is 1. The van der Waals surface area contributed by atoms with E-state index < -0.39 is 6.09 Å². The molecule has 0 heterocycles. The third kappa shape index (κ3) is 5.92. The van der Waals surface area contributed by atoms with Crippen LogP contribution in [0.5, 0.6) is 0 Å². The molecule has 96 valence electrons. The summed E-state index contributed by atoms with van der Waals surface area (Å²) in [6, 6.07) is 7.46. The first-order chi connectivity index (χ1) is 8.06. The van der Waals surface area contributed by atoms with Gasteiger partial charge in [0.25, 0.3) is 0 Å². The van der Waals surface area contributed by atoms with E-state index in [4.69, 9.17) is 10.2 Å². The molecule has 0 fully saturated rings. The fourth-order valence-corrected chi connectivity index (χ4v) is 1.22. The van der Waals surface area contributed by atoms with Crippen LogP contribution in [0.3, 0.4) is 0 Å². The highest BCUT2D eigenvalue weighted by Gasteiger charge is 2.10. The molecule has 0 saturated carbocycles. The highest BCUT2D eigenvalue weighted by molar-refractivity contribution is 5.85. The van der Waals surface area contributed by atoms with Crippen molar-refractivity contribution in [3.8, 4) is 0 Å². The van der Waals surface area contributed by atoms with Crippen molar-refractivity contribution in [3.63, 3.8) is 0 Å². The largest absolute Gasteiger partial charge is 0.465 e. The van der Waals surface area contributed by atoms with E-state index >= 15 is 0 Å². The number of benzene rings is 1. The lowest BCUT2D eigenvalue weighted by molar-refractivity contribution is 0.202. The molecular formula is C13H21NO3. The minimum absolute atomic E-state index is 0.319. The Balaban J connectivity index is 0.000000557.